The van der Waals surface area contributed by atoms with Gasteiger partial charge in [-0.1, -0.05) is 38.3 Å². The number of nitrogens with zero attached hydrogens (tertiary/aromatic N) is 5. The molecule has 0 unspecified atom stereocenters. The maximum absolute atomic E-state index is 13.4. The van der Waals surface area contributed by atoms with Gasteiger partial charge in [-0.2, -0.15) is 0 Å². The van der Waals surface area contributed by atoms with Crippen molar-refractivity contribution in [3.8, 4) is 17.2 Å². The second-order valence-corrected chi connectivity index (χ2v) is 10.3. The Kier molecular flexibility index (Phi) is 8.64. The zero-order valence-electron chi connectivity index (χ0n) is 23.7. The Morgan fingerprint density at radius 1 is 1.00 bits per heavy atom. The molecule has 0 amide bonds. The summed E-state index contributed by atoms with van der Waals surface area (Å²) in [7, 11) is 4.86. The number of rotatable bonds is 11. The Morgan fingerprint density at radius 3 is 2.40 bits per heavy atom. The number of fused-ring (bicyclic) bond motifs is 1. The van der Waals surface area contributed by atoms with Crippen LogP contribution in [0.15, 0.2) is 47.3 Å². The average molecular weight is 547 g/mol. The van der Waals surface area contributed by atoms with Crippen LogP contribution in [0.1, 0.15) is 68.4 Å². The zero-order chi connectivity index (χ0) is 28.1. The third-order valence-electron chi connectivity index (χ3n) is 7.96. The predicted octanol–water partition coefficient (Wildman–Crippen LogP) is 4.87. The molecule has 0 aliphatic heterocycles. The molecular formula is C30H38N6O4. The van der Waals surface area contributed by atoms with E-state index in [2.05, 4.69) is 32.3 Å². The second kappa shape index (κ2) is 12.5. The third-order valence-corrected chi connectivity index (χ3v) is 7.96. The number of methoxy groups -OCH3 is 3. The number of aromatic amines is 1. The highest BCUT2D eigenvalue weighted by Crippen LogP contribution is 2.34. The van der Waals surface area contributed by atoms with Crippen LogP contribution in [0.25, 0.3) is 10.9 Å². The Labute approximate surface area is 234 Å². The fourth-order valence-corrected chi connectivity index (χ4v) is 5.83. The minimum atomic E-state index is -0.104. The Morgan fingerprint density at radius 2 is 1.73 bits per heavy atom. The molecule has 5 rings (SSSR count). The molecule has 0 saturated heterocycles. The first-order chi connectivity index (χ1) is 19.5. The fourth-order valence-electron chi connectivity index (χ4n) is 5.83. The van der Waals surface area contributed by atoms with Gasteiger partial charge in [0, 0.05) is 29.6 Å². The van der Waals surface area contributed by atoms with Gasteiger partial charge >= 0.3 is 0 Å². The smallest absolute Gasteiger partial charge is 0.252 e. The lowest BCUT2D eigenvalue weighted by Gasteiger charge is -2.39. The van der Waals surface area contributed by atoms with E-state index in [-0.39, 0.29) is 11.6 Å². The molecule has 10 heteroatoms. The van der Waals surface area contributed by atoms with Gasteiger partial charge in [-0.15, -0.1) is 5.10 Å². The van der Waals surface area contributed by atoms with Crippen LogP contribution in [0.5, 0.6) is 17.2 Å². The summed E-state index contributed by atoms with van der Waals surface area (Å²) in [4.78, 5) is 18.9. The zero-order valence-corrected chi connectivity index (χ0v) is 23.7. The number of benzene rings is 2. The van der Waals surface area contributed by atoms with Gasteiger partial charge in [0.05, 0.1) is 39.4 Å². The molecule has 0 bridgehead atoms. The average Bonchev–Trinajstić information content (AvgIpc) is 3.45. The van der Waals surface area contributed by atoms with E-state index in [1.165, 1.54) is 19.3 Å². The molecule has 212 valence electrons. The SMILES string of the molecule is CC[C@@H](c1nnnn1Cc1ccc(OC)cc1)N(Cc1cc2cc(OC)c(OC)cc2[nH]c1=O)C1CCCCC1. The number of pyridine rings is 1. The van der Waals surface area contributed by atoms with Crippen molar-refractivity contribution < 1.29 is 14.2 Å². The molecule has 2 heterocycles. The lowest BCUT2D eigenvalue weighted by molar-refractivity contribution is 0.0844. The molecule has 2 aromatic carbocycles. The lowest BCUT2D eigenvalue weighted by Crippen LogP contribution is -2.41. The van der Waals surface area contributed by atoms with E-state index in [0.717, 1.165) is 41.8 Å². The van der Waals surface area contributed by atoms with Crippen LogP contribution in [-0.4, -0.2) is 57.5 Å². The van der Waals surface area contributed by atoms with Crippen molar-refractivity contribution in [2.24, 2.45) is 0 Å². The molecule has 10 nitrogen and oxygen atoms in total. The van der Waals surface area contributed by atoms with Crippen LogP contribution in [0, 0.1) is 0 Å². The minimum Gasteiger partial charge on any atom is -0.497 e. The molecule has 1 fully saturated rings. The molecule has 0 radical (unpaired) electrons. The third kappa shape index (κ3) is 5.82. The van der Waals surface area contributed by atoms with Gasteiger partial charge in [0.1, 0.15) is 5.75 Å². The van der Waals surface area contributed by atoms with Crippen LogP contribution in [0.4, 0.5) is 0 Å². The topological polar surface area (TPSA) is 107 Å². The standard InChI is InChI=1S/C30H38N6O4/c1-5-26(29-32-33-34-36(29)18-20-11-13-24(38-2)14-12-20)35(23-9-7-6-8-10-23)19-22-15-21-16-27(39-3)28(40-4)17-25(21)31-30(22)37/h11-17,23,26H,5-10,18-19H2,1-4H3,(H,31,37)/t26-/m0/s1. The number of ether oxygens (including phenoxy) is 3. The normalized spacial score (nSPS) is 14.9. The summed E-state index contributed by atoms with van der Waals surface area (Å²) in [6.07, 6.45) is 6.60. The Bertz CT molecular complexity index is 1480. The van der Waals surface area contributed by atoms with Gasteiger partial charge in [-0.3, -0.25) is 9.69 Å². The van der Waals surface area contributed by atoms with Crippen molar-refractivity contribution >= 4 is 10.9 Å². The monoisotopic (exact) mass is 546 g/mol. The van der Waals surface area contributed by atoms with E-state index in [1.54, 1.807) is 27.4 Å². The summed E-state index contributed by atoms with van der Waals surface area (Å²) in [5.74, 6) is 2.83. The Balaban J connectivity index is 1.50. The predicted molar refractivity (Wildman–Crippen MR) is 153 cm³/mol. The van der Waals surface area contributed by atoms with Crippen molar-refractivity contribution in [3.05, 3.63) is 69.8 Å². The quantitative estimate of drug-likeness (QED) is 0.284. The molecule has 1 saturated carbocycles. The van der Waals surface area contributed by atoms with Crippen LogP contribution in [0.3, 0.4) is 0 Å². The van der Waals surface area contributed by atoms with E-state index in [0.29, 0.717) is 41.7 Å². The summed E-state index contributed by atoms with van der Waals surface area (Å²) < 4.78 is 18.1. The van der Waals surface area contributed by atoms with E-state index in [9.17, 15) is 4.79 Å². The number of hydrogen-bond acceptors (Lipinski definition) is 8. The fraction of sp³-hybridized carbons (Fsp3) is 0.467. The van der Waals surface area contributed by atoms with Crippen molar-refractivity contribution in [2.45, 2.75) is 70.6 Å². The summed E-state index contributed by atoms with van der Waals surface area (Å²) in [6.45, 7) is 3.21. The second-order valence-electron chi connectivity index (χ2n) is 10.3. The largest absolute Gasteiger partial charge is 0.497 e. The van der Waals surface area contributed by atoms with Gasteiger partial charge in [0.25, 0.3) is 5.56 Å². The first kappa shape index (κ1) is 27.6. The summed E-state index contributed by atoms with van der Waals surface area (Å²) in [5.41, 5.74) is 2.40. The van der Waals surface area contributed by atoms with Gasteiger partial charge in [-0.25, -0.2) is 4.68 Å². The van der Waals surface area contributed by atoms with E-state index in [1.807, 2.05) is 41.1 Å². The van der Waals surface area contributed by atoms with E-state index < -0.39 is 0 Å². The van der Waals surface area contributed by atoms with Crippen molar-refractivity contribution in [2.75, 3.05) is 21.3 Å². The first-order valence-corrected chi connectivity index (χ1v) is 14.0. The van der Waals surface area contributed by atoms with Crippen LogP contribution >= 0.6 is 0 Å². The molecule has 4 aromatic rings. The molecular weight excluding hydrogens is 508 g/mol. The summed E-state index contributed by atoms with van der Waals surface area (Å²) in [6, 6.07) is 13.9. The molecule has 2 aromatic heterocycles. The van der Waals surface area contributed by atoms with Crippen molar-refractivity contribution in [3.63, 3.8) is 0 Å². The highest BCUT2D eigenvalue weighted by molar-refractivity contribution is 5.83. The number of tetrazole rings is 1. The Hall–Kier alpha value is -3.92. The summed E-state index contributed by atoms with van der Waals surface area (Å²) >= 11 is 0. The molecule has 0 spiro atoms. The summed E-state index contributed by atoms with van der Waals surface area (Å²) in [5, 5.41) is 13.8. The van der Waals surface area contributed by atoms with Crippen LogP contribution in [0.2, 0.25) is 0 Å². The first-order valence-electron chi connectivity index (χ1n) is 14.0. The van der Waals surface area contributed by atoms with Crippen LogP contribution < -0.4 is 19.8 Å². The number of H-pyrrole nitrogens is 1. The number of aromatic nitrogens is 5. The number of nitrogens with one attached hydrogen (secondary N) is 1. The number of hydrogen-bond donors (Lipinski definition) is 1. The molecule has 1 aliphatic carbocycles. The lowest BCUT2D eigenvalue weighted by atomic mass is 9.92. The molecule has 1 N–H and O–H groups in total. The van der Waals surface area contributed by atoms with Gasteiger partial charge in [-0.05, 0) is 59.5 Å². The van der Waals surface area contributed by atoms with Gasteiger partial charge < -0.3 is 19.2 Å². The molecule has 1 atom stereocenters. The van der Waals surface area contributed by atoms with E-state index >= 15 is 0 Å². The van der Waals surface area contributed by atoms with Crippen molar-refractivity contribution in [1.82, 2.24) is 30.1 Å². The van der Waals surface area contributed by atoms with E-state index in [4.69, 9.17) is 14.2 Å². The minimum absolute atomic E-state index is 0.0446. The highest BCUT2D eigenvalue weighted by atomic mass is 16.5. The maximum atomic E-state index is 13.4. The van der Waals surface area contributed by atoms with Crippen LogP contribution in [-0.2, 0) is 13.1 Å². The highest BCUT2D eigenvalue weighted by Gasteiger charge is 2.32. The van der Waals surface area contributed by atoms with Gasteiger partial charge in [0.2, 0.25) is 0 Å². The maximum Gasteiger partial charge on any atom is 0.252 e. The van der Waals surface area contributed by atoms with Gasteiger partial charge in [0.15, 0.2) is 17.3 Å². The van der Waals surface area contributed by atoms with Crippen molar-refractivity contribution in [1.29, 1.82) is 0 Å². The molecule has 40 heavy (non-hydrogen) atoms. The molecule has 1 aliphatic rings.